The van der Waals surface area contributed by atoms with Crippen LogP contribution in [0.2, 0.25) is 0 Å². The first-order chi connectivity index (χ1) is 13.9. The maximum absolute atomic E-state index is 12.4. The van der Waals surface area contributed by atoms with Crippen molar-refractivity contribution in [2.75, 3.05) is 13.2 Å². The first kappa shape index (κ1) is 21.3. The largest absolute Gasteiger partial charge is 0.393 e. The number of rotatable bonds is 1. The lowest BCUT2D eigenvalue weighted by atomic mass is 9.40. The number of aliphatic hydroxyl groups is 3. The van der Waals surface area contributed by atoms with E-state index in [1.165, 1.54) is 6.92 Å². The van der Waals surface area contributed by atoms with Gasteiger partial charge in [0.25, 0.3) is 0 Å². The standard InChI is InChI=1S/C24H38O6/c1-14-11-16-17-5-6-23(27,15(2)25)21(17,4)12-18(26)19(16)20(3)7-8-22(13-24(14,20)28)29-9-10-30-22/h14,16-19,26-28H,5-13H2,1-4H3/t14-,16-,17-,18-,19+,20+,21-,23-,24+/m0/s1. The van der Waals surface area contributed by atoms with Gasteiger partial charge in [-0.05, 0) is 62.7 Å². The number of fused-ring (bicyclic) bond motifs is 5. The van der Waals surface area contributed by atoms with Crippen LogP contribution in [-0.4, -0.2) is 57.4 Å². The van der Waals surface area contributed by atoms with E-state index in [0.717, 1.165) is 25.7 Å². The number of hydrogen-bond acceptors (Lipinski definition) is 6. The second-order valence-corrected chi connectivity index (χ2v) is 11.7. The summed E-state index contributed by atoms with van der Waals surface area (Å²) >= 11 is 0. The minimum absolute atomic E-state index is 0.0225. The molecule has 1 heterocycles. The summed E-state index contributed by atoms with van der Waals surface area (Å²) in [5.41, 5.74) is -3.39. The summed E-state index contributed by atoms with van der Waals surface area (Å²) in [6.07, 6.45) is 3.75. The highest BCUT2D eigenvalue weighted by Gasteiger charge is 2.73. The molecule has 3 N–H and O–H groups in total. The van der Waals surface area contributed by atoms with Crippen molar-refractivity contribution in [3.63, 3.8) is 0 Å². The molecule has 5 fully saturated rings. The molecular formula is C24H38O6. The third-order valence-electron chi connectivity index (χ3n) is 10.7. The summed E-state index contributed by atoms with van der Waals surface area (Å²) in [6.45, 7) is 8.90. The molecule has 0 unspecified atom stereocenters. The summed E-state index contributed by atoms with van der Waals surface area (Å²) < 4.78 is 12.0. The molecule has 0 amide bonds. The van der Waals surface area contributed by atoms with Gasteiger partial charge in [0.1, 0.15) is 5.60 Å². The number of hydrogen-bond donors (Lipinski definition) is 3. The zero-order valence-corrected chi connectivity index (χ0v) is 18.8. The van der Waals surface area contributed by atoms with Crippen LogP contribution in [-0.2, 0) is 14.3 Å². The van der Waals surface area contributed by atoms with Crippen molar-refractivity contribution in [1.82, 2.24) is 0 Å². The Labute approximate surface area is 179 Å². The number of aliphatic hydroxyl groups excluding tert-OH is 1. The Bertz CT molecular complexity index is 748. The lowest BCUT2D eigenvalue weighted by Gasteiger charge is -2.68. The third kappa shape index (κ3) is 2.35. The van der Waals surface area contributed by atoms with E-state index in [0.29, 0.717) is 32.5 Å². The van der Waals surface area contributed by atoms with Crippen molar-refractivity contribution >= 4 is 5.78 Å². The molecule has 6 heteroatoms. The highest BCUT2D eigenvalue weighted by Crippen LogP contribution is 2.71. The first-order valence-corrected chi connectivity index (χ1v) is 11.8. The van der Waals surface area contributed by atoms with E-state index in [9.17, 15) is 20.1 Å². The highest BCUT2D eigenvalue weighted by atomic mass is 16.7. The third-order valence-corrected chi connectivity index (χ3v) is 10.7. The second kappa shape index (κ2) is 6.28. The lowest BCUT2D eigenvalue weighted by Crippen LogP contribution is -2.71. The quantitative estimate of drug-likeness (QED) is 0.601. The van der Waals surface area contributed by atoms with Gasteiger partial charge in [0, 0.05) is 23.7 Å². The Morgan fingerprint density at radius 2 is 1.70 bits per heavy atom. The molecule has 6 nitrogen and oxygen atoms in total. The van der Waals surface area contributed by atoms with Crippen molar-refractivity contribution in [2.45, 2.75) is 95.7 Å². The van der Waals surface area contributed by atoms with Gasteiger partial charge in [-0.1, -0.05) is 20.8 Å². The van der Waals surface area contributed by atoms with Gasteiger partial charge < -0.3 is 24.8 Å². The molecule has 9 atom stereocenters. The van der Waals surface area contributed by atoms with Crippen molar-refractivity contribution in [1.29, 1.82) is 0 Å². The number of ketones is 1. The van der Waals surface area contributed by atoms with E-state index in [2.05, 4.69) is 13.8 Å². The number of carbonyl (C=O) groups excluding carboxylic acids is 1. The van der Waals surface area contributed by atoms with Crippen LogP contribution in [0.15, 0.2) is 0 Å². The molecule has 5 aliphatic rings. The van der Waals surface area contributed by atoms with Crippen molar-refractivity contribution in [2.24, 2.45) is 34.5 Å². The average Bonchev–Trinajstić information content (AvgIpc) is 3.21. The molecule has 170 valence electrons. The predicted octanol–water partition coefficient (Wildman–Crippen LogP) is 2.42. The fourth-order valence-corrected chi connectivity index (χ4v) is 9.07. The van der Waals surface area contributed by atoms with Gasteiger partial charge in [-0.15, -0.1) is 0 Å². The summed E-state index contributed by atoms with van der Waals surface area (Å²) in [7, 11) is 0. The summed E-state index contributed by atoms with van der Waals surface area (Å²) in [6, 6.07) is 0. The van der Waals surface area contributed by atoms with Gasteiger partial charge in [-0.3, -0.25) is 4.79 Å². The Balaban J connectivity index is 1.54. The Morgan fingerprint density at radius 3 is 2.33 bits per heavy atom. The van der Waals surface area contributed by atoms with Crippen molar-refractivity contribution < 1.29 is 29.6 Å². The van der Waals surface area contributed by atoms with E-state index in [4.69, 9.17) is 9.47 Å². The molecule has 4 saturated carbocycles. The van der Waals surface area contributed by atoms with Crippen LogP contribution in [0.25, 0.3) is 0 Å². The second-order valence-electron chi connectivity index (χ2n) is 11.7. The van der Waals surface area contributed by atoms with E-state index < -0.39 is 33.9 Å². The fourth-order valence-electron chi connectivity index (χ4n) is 9.07. The average molecular weight is 423 g/mol. The molecule has 1 saturated heterocycles. The van der Waals surface area contributed by atoms with E-state index in [-0.39, 0.29) is 29.5 Å². The van der Waals surface area contributed by atoms with E-state index >= 15 is 0 Å². The van der Waals surface area contributed by atoms with Crippen LogP contribution in [0.3, 0.4) is 0 Å². The minimum atomic E-state index is -1.36. The van der Waals surface area contributed by atoms with Gasteiger partial charge in [-0.2, -0.15) is 0 Å². The summed E-state index contributed by atoms with van der Waals surface area (Å²) in [5.74, 6) is -0.532. The molecule has 1 spiro atoms. The molecular weight excluding hydrogens is 384 g/mol. The van der Waals surface area contributed by atoms with E-state index in [1.54, 1.807) is 0 Å². The van der Waals surface area contributed by atoms with Gasteiger partial charge in [0.2, 0.25) is 0 Å². The molecule has 30 heavy (non-hydrogen) atoms. The lowest BCUT2D eigenvalue weighted by molar-refractivity contribution is -0.313. The maximum Gasteiger partial charge on any atom is 0.171 e. The van der Waals surface area contributed by atoms with Crippen molar-refractivity contribution in [3.8, 4) is 0 Å². The van der Waals surface area contributed by atoms with Crippen molar-refractivity contribution in [3.05, 3.63) is 0 Å². The molecule has 0 radical (unpaired) electrons. The molecule has 0 aromatic carbocycles. The SMILES string of the molecule is CC(=O)[C@@]1(O)CC[C@H]2[C@@H]3C[C@H](C)[C@]4(O)CC5(CC[C@]4(C)[C@H]3[C@@H](O)C[C@@]21C)OCCO5. The molecule has 5 rings (SSSR count). The number of carbonyl (C=O) groups is 1. The normalized spacial score (nSPS) is 57.0. The Kier molecular flexibility index (Phi) is 4.47. The van der Waals surface area contributed by atoms with Crippen LogP contribution in [0, 0.1) is 34.5 Å². The Morgan fingerprint density at radius 1 is 1.03 bits per heavy atom. The molecule has 0 bridgehead atoms. The molecule has 4 aliphatic carbocycles. The van der Waals surface area contributed by atoms with Gasteiger partial charge >= 0.3 is 0 Å². The van der Waals surface area contributed by atoms with Crippen LogP contribution < -0.4 is 0 Å². The van der Waals surface area contributed by atoms with Crippen LogP contribution in [0.5, 0.6) is 0 Å². The molecule has 0 aromatic heterocycles. The van der Waals surface area contributed by atoms with Crippen LogP contribution in [0.4, 0.5) is 0 Å². The number of ether oxygens (including phenoxy) is 2. The Hall–Kier alpha value is -0.530. The summed E-state index contributed by atoms with van der Waals surface area (Å²) in [5, 5.41) is 35.0. The zero-order chi connectivity index (χ0) is 21.7. The monoisotopic (exact) mass is 422 g/mol. The minimum Gasteiger partial charge on any atom is -0.393 e. The van der Waals surface area contributed by atoms with E-state index in [1.807, 2.05) is 6.92 Å². The van der Waals surface area contributed by atoms with Gasteiger partial charge in [0.15, 0.2) is 11.6 Å². The topological polar surface area (TPSA) is 96.2 Å². The maximum atomic E-state index is 12.4. The number of Topliss-reactive ketones (excluding diaryl/α,β-unsaturated/α-hetero) is 1. The van der Waals surface area contributed by atoms with Gasteiger partial charge in [0.05, 0.1) is 24.9 Å². The predicted molar refractivity (Wildman–Crippen MR) is 109 cm³/mol. The smallest absolute Gasteiger partial charge is 0.171 e. The molecule has 0 aromatic rings. The molecule has 1 aliphatic heterocycles. The van der Waals surface area contributed by atoms with Crippen LogP contribution >= 0.6 is 0 Å². The first-order valence-electron chi connectivity index (χ1n) is 11.8. The fraction of sp³-hybridized carbons (Fsp3) is 0.958. The highest BCUT2D eigenvalue weighted by molar-refractivity contribution is 5.86. The van der Waals surface area contributed by atoms with Gasteiger partial charge in [-0.25, -0.2) is 0 Å². The van der Waals surface area contributed by atoms with Crippen LogP contribution in [0.1, 0.15) is 72.6 Å². The zero-order valence-electron chi connectivity index (χ0n) is 18.8. The summed E-state index contributed by atoms with van der Waals surface area (Å²) in [4.78, 5) is 12.4.